The van der Waals surface area contributed by atoms with Gasteiger partial charge in [-0.25, -0.2) is 18.7 Å². The first kappa shape index (κ1) is 20.6. The number of aromatic nitrogens is 3. The highest BCUT2D eigenvalue weighted by Crippen LogP contribution is 2.30. The molecule has 31 heavy (non-hydrogen) atoms. The van der Waals surface area contributed by atoms with Crippen molar-refractivity contribution in [3.63, 3.8) is 0 Å². The van der Waals surface area contributed by atoms with Crippen molar-refractivity contribution in [3.05, 3.63) is 30.4 Å². The van der Waals surface area contributed by atoms with Crippen LogP contribution in [0, 0.1) is 17.2 Å². The lowest BCUT2D eigenvalue weighted by atomic mass is 10.1. The minimum absolute atomic E-state index is 0.00384. The largest absolute Gasteiger partial charge is 0.374 e. The summed E-state index contributed by atoms with van der Waals surface area (Å²) < 4.78 is 26.6. The minimum Gasteiger partial charge on any atom is -0.374 e. The molecule has 0 aromatic carbocycles. The maximum absolute atomic E-state index is 13.3. The number of pyridine rings is 1. The molecular formula is C20H19F2N7O2. The Labute approximate surface area is 176 Å². The number of amides is 2. The molecule has 0 spiro atoms. The molecule has 2 fully saturated rings. The number of hydrogen-bond donors (Lipinski definition) is 2. The zero-order valence-corrected chi connectivity index (χ0v) is 16.4. The van der Waals surface area contributed by atoms with Crippen molar-refractivity contribution in [2.24, 2.45) is 5.92 Å². The van der Waals surface area contributed by atoms with Crippen LogP contribution in [0.25, 0.3) is 11.3 Å². The highest BCUT2D eigenvalue weighted by molar-refractivity contribution is 5.93. The van der Waals surface area contributed by atoms with Crippen molar-refractivity contribution in [2.45, 2.75) is 25.2 Å². The number of carbonyl (C=O) groups excluding carboxylic acids is 2. The molecule has 0 atom stereocenters. The van der Waals surface area contributed by atoms with E-state index >= 15 is 0 Å². The van der Waals surface area contributed by atoms with Crippen LogP contribution in [0.2, 0.25) is 0 Å². The molecule has 11 heteroatoms. The second-order valence-electron chi connectivity index (χ2n) is 7.56. The fourth-order valence-corrected chi connectivity index (χ4v) is 3.18. The minimum atomic E-state index is -2.86. The van der Waals surface area contributed by atoms with Gasteiger partial charge in [0, 0.05) is 30.6 Å². The van der Waals surface area contributed by atoms with E-state index in [1.807, 2.05) is 6.07 Å². The molecule has 2 N–H and O–H groups in total. The predicted molar refractivity (Wildman–Crippen MR) is 106 cm³/mol. The van der Waals surface area contributed by atoms with Gasteiger partial charge in [0.05, 0.1) is 36.9 Å². The van der Waals surface area contributed by atoms with Gasteiger partial charge in [-0.15, -0.1) is 0 Å². The summed E-state index contributed by atoms with van der Waals surface area (Å²) in [4.78, 5) is 37.6. The van der Waals surface area contributed by atoms with Crippen LogP contribution in [0.4, 0.5) is 20.3 Å². The van der Waals surface area contributed by atoms with E-state index in [2.05, 4.69) is 25.6 Å². The zero-order chi connectivity index (χ0) is 22.0. The van der Waals surface area contributed by atoms with Gasteiger partial charge in [0.2, 0.25) is 11.8 Å². The molecule has 3 heterocycles. The summed E-state index contributed by atoms with van der Waals surface area (Å²) in [6.07, 6.45) is 5.75. The predicted octanol–water partition coefficient (Wildman–Crippen LogP) is 2.04. The molecule has 2 aromatic rings. The molecule has 1 aliphatic heterocycles. The smallest absolute Gasteiger partial charge is 0.267 e. The van der Waals surface area contributed by atoms with Crippen molar-refractivity contribution in [1.29, 1.82) is 5.26 Å². The van der Waals surface area contributed by atoms with E-state index in [4.69, 9.17) is 0 Å². The third-order valence-electron chi connectivity index (χ3n) is 5.09. The van der Waals surface area contributed by atoms with E-state index < -0.39 is 18.4 Å². The number of alkyl halides is 2. The van der Waals surface area contributed by atoms with E-state index in [-0.39, 0.29) is 42.7 Å². The summed E-state index contributed by atoms with van der Waals surface area (Å²) in [6.45, 7) is -0.847. The highest BCUT2D eigenvalue weighted by Gasteiger charge is 2.40. The lowest BCUT2D eigenvalue weighted by Gasteiger charge is -2.17. The van der Waals surface area contributed by atoms with Crippen LogP contribution in [-0.4, -0.2) is 57.2 Å². The van der Waals surface area contributed by atoms with Gasteiger partial charge in [0.15, 0.2) is 11.5 Å². The highest BCUT2D eigenvalue weighted by atomic mass is 19.3. The SMILES string of the molecule is N#Cc1ncc(-c2cnc(NC(=O)C3CC3)cn2)cc1NCC(=O)N1CCC(F)(F)C1. The van der Waals surface area contributed by atoms with Crippen LogP contribution in [0.15, 0.2) is 24.7 Å². The Morgan fingerprint density at radius 1 is 1.23 bits per heavy atom. The average molecular weight is 427 g/mol. The number of nitrogens with zero attached hydrogens (tertiary/aromatic N) is 5. The molecule has 0 radical (unpaired) electrons. The summed E-state index contributed by atoms with van der Waals surface area (Å²) in [5.74, 6) is -3.03. The van der Waals surface area contributed by atoms with Gasteiger partial charge in [-0.2, -0.15) is 5.26 Å². The monoisotopic (exact) mass is 427 g/mol. The van der Waals surface area contributed by atoms with Crippen LogP contribution < -0.4 is 10.6 Å². The Hall–Kier alpha value is -3.68. The molecular weight excluding hydrogens is 408 g/mol. The van der Waals surface area contributed by atoms with Crippen LogP contribution >= 0.6 is 0 Å². The third-order valence-corrected chi connectivity index (χ3v) is 5.09. The molecule has 9 nitrogen and oxygen atoms in total. The summed E-state index contributed by atoms with van der Waals surface area (Å²) >= 11 is 0. The Bertz CT molecular complexity index is 1050. The lowest BCUT2D eigenvalue weighted by Crippen LogP contribution is -2.35. The summed E-state index contributed by atoms with van der Waals surface area (Å²) in [6, 6.07) is 3.51. The van der Waals surface area contributed by atoms with Crippen molar-refractivity contribution in [3.8, 4) is 17.3 Å². The topological polar surface area (TPSA) is 124 Å². The van der Waals surface area contributed by atoms with E-state index in [1.165, 1.54) is 18.6 Å². The van der Waals surface area contributed by atoms with Gasteiger partial charge in [0.25, 0.3) is 5.92 Å². The molecule has 160 valence electrons. The van der Waals surface area contributed by atoms with Crippen LogP contribution in [-0.2, 0) is 9.59 Å². The molecule has 4 rings (SSSR count). The fourth-order valence-electron chi connectivity index (χ4n) is 3.18. The lowest BCUT2D eigenvalue weighted by molar-refractivity contribution is -0.129. The van der Waals surface area contributed by atoms with Crippen molar-refractivity contribution < 1.29 is 18.4 Å². The Morgan fingerprint density at radius 3 is 2.65 bits per heavy atom. The number of anilines is 2. The van der Waals surface area contributed by atoms with Crippen molar-refractivity contribution in [1.82, 2.24) is 19.9 Å². The zero-order valence-electron chi connectivity index (χ0n) is 16.4. The number of likely N-dealkylation sites (tertiary alicyclic amines) is 1. The summed E-state index contributed by atoms with van der Waals surface area (Å²) in [5.41, 5.74) is 1.33. The van der Waals surface area contributed by atoms with Gasteiger partial charge in [0.1, 0.15) is 6.07 Å². The first-order chi connectivity index (χ1) is 14.8. The molecule has 2 aliphatic rings. The summed E-state index contributed by atoms with van der Waals surface area (Å²) in [5, 5.41) is 14.8. The standard InChI is InChI=1S/C20H19F2N7O2/c21-20(22)3-4-29(11-20)18(30)10-26-14-5-13(7-24-15(14)6-23)16-8-27-17(9-25-16)28-19(31)12-1-2-12/h5,7-9,12,26H,1-4,10-11H2,(H,27,28,31). The molecule has 2 amide bonds. The molecule has 0 bridgehead atoms. The van der Waals surface area contributed by atoms with E-state index in [0.717, 1.165) is 17.7 Å². The summed E-state index contributed by atoms with van der Waals surface area (Å²) in [7, 11) is 0. The molecule has 2 aromatic heterocycles. The molecule has 1 aliphatic carbocycles. The second-order valence-corrected chi connectivity index (χ2v) is 7.56. The number of rotatable bonds is 6. The Morgan fingerprint density at radius 2 is 2.03 bits per heavy atom. The number of halogens is 2. The normalized spacial score (nSPS) is 17.1. The number of nitrogens with one attached hydrogen (secondary N) is 2. The van der Waals surface area contributed by atoms with E-state index in [0.29, 0.717) is 17.1 Å². The van der Waals surface area contributed by atoms with E-state index in [1.54, 1.807) is 6.07 Å². The molecule has 0 unspecified atom stereocenters. The van der Waals surface area contributed by atoms with Crippen LogP contribution in [0.5, 0.6) is 0 Å². The quantitative estimate of drug-likeness (QED) is 0.723. The Balaban J connectivity index is 1.44. The van der Waals surface area contributed by atoms with Crippen molar-refractivity contribution in [2.75, 3.05) is 30.3 Å². The maximum atomic E-state index is 13.3. The number of hydrogen-bond acceptors (Lipinski definition) is 7. The molecule has 1 saturated carbocycles. The first-order valence-electron chi connectivity index (χ1n) is 9.77. The average Bonchev–Trinajstić information content (AvgIpc) is 3.55. The second kappa shape index (κ2) is 8.22. The van der Waals surface area contributed by atoms with Gasteiger partial charge in [-0.1, -0.05) is 0 Å². The van der Waals surface area contributed by atoms with Crippen molar-refractivity contribution >= 4 is 23.3 Å². The van der Waals surface area contributed by atoms with Gasteiger partial charge in [-0.05, 0) is 18.9 Å². The number of carbonyl (C=O) groups is 2. The van der Waals surface area contributed by atoms with Gasteiger partial charge in [-0.3, -0.25) is 14.6 Å². The Kier molecular flexibility index (Phi) is 5.46. The van der Waals surface area contributed by atoms with E-state index in [9.17, 15) is 23.6 Å². The van der Waals surface area contributed by atoms with Gasteiger partial charge >= 0.3 is 0 Å². The van der Waals surface area contributed by atoms with Crippen LogP contribution in [0.1, 0.15) is 25.0 Å². The fraction of sp³-hybridized carbons (Fsp3) is 0.400. The number of nitriles is 1. The van der Waals surface area contributed by atoms with Crippen LogP contribution in [0.3, 0.4) is 0 Å². The van der Waals surface area contributed by atoms with Gasteiger partial charge < -0.3 is 15.5 Å². The third kappa shape index (κ3) is 4.91. The molecule has 1 saturated heterocycles. The maximum Gasteiger partial charge on any atom is 0.267 e. The first-order valence-corrected chi connectivity index (χ1v) is 9.77.